The van der Waals surface area contributed by atoms with Gasteiger partial charge in [-0.2, -0.15) is 9.40 Å². The molecule has 0 spiro atoms. The molecule has 2 N–H and O–H groups in total. The number of guanidine groups is 1. The second-order valence-corrected chi connectivity index (χ2v) is 9.04. The van der Waals surface area contributed by atoms with Crippen LogP contribution in [-0.4, -0.2) is 48.1 Å². The number of benzene rings is 1. The van der Waals surface area contributed by atoms with Crippen LogP contribution in [0.15, 0.2) is 46.4 Å². The van der Waals surface area contributed by atoms with Crippen LogP contribution < -0.4 is 10.6 Å². The topological polar surface area (TPSA) is 91.6 Å². The van der Waals surface area contributed by atoms with Gasteiger partial charge in [-0.1, -0.05) is 18.6 Å². The van der Waals surface area contributed by atoms with Gasteiger partial charge < -0.3 is 10.6 Å². The molecule has 10 heteroatoms. The zero-order valence-corrected chi connectivity index (χ0v) is 20.7. The van der Waals surface area contributed by atoms with Crippen molar-refractivity contribution < 1.29 is 8.42 Å². The third-order valence-corrected chi connectivity index (χ3v) is 6.87. The quantitative estimate of drug-likeness (QED) is 0.317. The van der Waals surface area contributed by atoms with Crippen molar-refractivity contribution in [1.29, 1.82) is 0 Å². The fraction of sp³-hybridized carbons (Fsp3) is 0.500. The molecular weight excluding hydrogens is 515 g/mol. The molecule has 1 aromatic heterocycles. The number of nitrogens with one attached hydrogen (secondary N) is 2. The lowest BCUT2D eigenvalue weighted by Crippen LogP contribution is -2.37. The van der Waals surface area contributed by atoms with Gasteiger partial charge in [0, 0.05) is 32.9 Å². The minimum absolute atomic E-state index is 0. The largest absolute Gasteiger partial charge is 0.357 e. The molecular formula is C20H31IN6O2S. The molecule has 1 aromatic carbocycles. The minimum Gasteiger partial charge on any atom is -0.357 e. The molecule has 0 aliphatic carbocycles. The number of aromatic nitrogens is 2. The Hall–Kier alpha value is -1.66. The normalized spacial score (nSPS) is 15.5. The number of hydrogen-bond acceptors (Lipinski definition) is 4. The first-order valence-electron chi connectivity index (χ1n) is 10.1. The molecule has 0 bridgehead atoms. The summed E-state index contributed by atoms with van der Waals surface area (Å²) in [5.41, 5.74) is 1.91. The average Bonchev–Trinajstić information content (AvgIpc) is 3.15. The van der Waals surface area contributed by atoms with E-state index in [-0.39, 0.29) is 24.0 Å². The third-order valence-electron chi connectivity index (χ3n) is 4.97. The number of nitrogens with zero attached hydrogens (tertiary/aromatic N) is 4. The van der Waals surface area contributed by atoms with E-state index in [4.69, 9.17) is 0 Å². The van der Waals surface area contributed by atoms with Gasteiger partial charge in [0.05, 0.1) is 23.7 Å². The number of aryl methyl sites for hydroxylation is 1. The van der Waals surface area contributed by atoms with E-state index in [9.17, 15) is 8.42 Å². The van der Waals surface area contributed by atoms with E-state index in [2.05, 4.69) is 20.7 Å². The van der Waals surface area contributed by atoms with Crippen LogP contribution in [0.5, 0.6) is 0 Å². The second-order valence-electron chi connectivity index (χ2n) is 7.11. The van der Waals surface area contributed by atoms with Gasteiger partial charge >= 0.3 is 0 Å². The van der Waals surface area contributed by atoms with Crippen LogP contribution >= 0.6 is 24.0 Å². The van der Waals surface area contributed by atoms with E-state index in [1.165, 1.54) is 0 Å². The van der Waals surface area contributed by atoms with E-state index in [0.29, 0.717) is 37.0 Å². The summed E-state index contributed by atoms with van der Waals surface area (Å²) < 4.78 is 29.2. The Labute approximate surface area is 196 Å². The smallest absolute Gasteiger partial charge is 0.243 e. The molecule has 166 valence electrons. The number of piperidine rings is 1. The van der Waals surface area contributed by atoms with E-state index >= 15 is 0 Å². The highest BCUT2D eigenvalue weighted by atomic mass is 127. The van der Waals surface area contributed by atoms with Crippen LogP contribution in [0.2, 0.25) is 0 Å². The van der Waals surface area contributed by atoms with Crippen molar-refractivity contribution in [2.24, 2.45) is 12.0 Å². The zero-order valence-electron chi connectivity index (χ0n) is 17.5. The first kappa shape index (κ1) is 24.6. The van der Waals surface area contributed by atoms with Gasteiger partial charge in [-0.15, -0.1) is 24.0 Å². The number of hydrogen-bond donors (Lipinski definition) is 2. The van der Waals surface area contributed by atoms with Crippen molar-refractivity contribution in [2.75, 3.05) is 19.6 Å². The first-order chi connectivity index (χ1) is 14.0. The van der Waals surface area contributed by atoms with Crippen LogP contribution in [0.25, 0.3) is 0 Å². The first-order valence-corrected chi connectivity index (χ1v) is 11.5. The van der Waals surface area contributed by atoms with Crippen LogP contribution in [0.1, 0.15) is 37.4 Å². The highest BCUT2D eigenvalue weighted by Gasteiger charge is 2.25. The molecule has 0 unspecified atom stereocenters. The highest BCUT2D eigenvalue weighted by Crippen LogP contribution is 2.21. The zero-order chi connectivity index (χ0) is 20.7. The molecule has 8 nitrogen and oxygen atoms in total. The minimum atomic E-state index is -3.43. The molecule has 3 rings (SSSR count). The number of halogens is 1. The van der Waals surface area contributed by atoms with E-state index in [0.717, 1.165) is 37.1 Å². The number of aliphatic imine (C=N–C) groups is 1. The summed E-state index contributed by atoms with van der Waals surface area (Å²) in [4.78, 5) is 4.95. The van der Waals surface area contributed by atoms with Gasteiger partial charge in [-0.25, -0.2) is 13.4 Å². The van der Waals surface area contributed by atoms with Crippen molar-refractivity contribution in [3.63, 3.8) is 0 Å². The summed E-state index contributed by atoms with van der Waals surface area (Å²) in [6.07, 6.45) is 4.71. The maximum absolute atomic E-state index is 12.9. The standard InChI is InChI=1S/C20H30N6O2S.HI/c1-3-21-20(23-16-18-10-11-24-25(18)2)22-15-17-8-7-9-19(14-17)29(27,28)26-12-5-4-6-13-26;/h7-11,14H,3-6,12-13,15-16H2,1-2H3,(H2,21,22,23);1H. The van der Waals surface area contributed by atoms with Crippen molar-refractivity contribution >= 4 is 40.0 Å². The van der Waals surface area contributed by atoms with Crippen LogP contribution in [-0.2, 0) is 30.2 Å². The third kappa shape index (κ3) is 6.42. The Morgan fingerprint density at radius 1 is 1.17 bits per heavy atom. The molecule has 0 saturated carbocycles. The predicted molar refractivity (Wildman–Crippen MR) is 129 cm³/mol. The van der Waals surface area contributed by atoms with Crippen molar-refractivity contribution in [2.45, 2.75) is 44.2 Å². The maximum Gasteiger partial charge on any atom is 0.243 e. The van der Waals surface area contributed by atoms with Crippen molar-refractivity contribution in [3.05, 3.63) is 47.8 Å². The highest BCUT2D eigenvalue weighted by molar-refractivity contribution is 14.0. The SMILES string of the molecule is CCNC(=NCc1cccc(S(=O)(=O)N2CCCCC2)c1)NCc1ccnn1C.I. The molecule has 0 atom stereocenters. The number of rotatable bonds is 7. The summed E-state index contributed by atoms with van der Waals surface area (Å²) in [5, 5.41) is 10.7. The van der Waals surface area contributed by atoms with Crippen LogP contribution in [0.4, 0.5) is 0 Å². The Kier molecular flexibility index (Phi) is 9.56. The van der Waals surface area contributed by atoms with Crippen molar-refractivity contribution in [1.82, 2.24) is 24.7 Å². The molecule has 2 aromatic rings. The summed E-state index contributed by atoms with van der Waals surface area (Å²) in [6, 6.07) is 9.05. The molecule has 1 saturated heterocycles. The molecule has 0 amide bonds. The van der Waals surface area contributed by atoms with Crippen LogP contribution in [0, 0.1) is 0 Å². The molecule has 1 aliphatic heterocycles. The van der Waals surface area contributed by atoms with Crippen LogP contribution in [0.3, 0.4) is 0 Å². The summed E-state index contributed by atoms with van der Waals surface area (Å²) >= 11 is 0. The molecule has 1 aliphatic rings. The van der Waals surface area contributed by atoms with E-state index in [1.807, 2.05) is 30.8 Å². The molecule has 30 heavy (non-hydrogen) atoms. The Morgan fingerprint density at radius 2 is 1.93 bits per heavy atom. The van der Waals surface area contributed by atoms with Gasteiger partial charge in [0.15, 0.2) is 5.96 Å². The van der Waals surface area contributed by atoms with Gasteiger partial charge in [0.25, 0.3) is 0 Å². The number of sulfonamides is 1. The summed E-state index contributed by atoms with van der Waals surface area (Å²) in [7, 11) is -1.54. The lowest BCUT2D eigenvalue weighted by molar-refractivity contribution is 0.346. The monoisotopic (exact) mass is 546 g/mol. The van der Waals surface area contributed by atoms with E-state index in [1.54, 1.807) is 28.7 Å². The van der Waals surface area contributed by atoms with Gasteiger partial charge in [-0.05, 0) is 43.5 Å². The predicted octanol–water partition coefficient (Wildman–Crippen LogP) is 2.47. The fourth-order valence-electron chi connectivity index (χ4n) is 3.32. The second kappa shape index (κ2) is 11.7. The summed E-state index contributed by atoms with van der Waals surface area (Å²) in [5.74, 6) is 0.679. The van der Waals surface area contributed by atoms with Gasteiger partial charge in [-0.3, -0.25) is 4.68 Å². The Balaban J connectivity index is 0.00000320. The van der Waals surface area contributed by atoms with Gasteiger partial charge in [0.2, 0.25) is 10.0 Å². The lowest BCUT2D eigenvalue weighted by Gasteiger charge is -2.26. The Bertz CT molecular complexity index is 938. The van der Waals surface area contributed by atoms with Crippen molar-refractivity contribution in [3.8, 4) is 0 Å². The average molecular weight is 546 g/mol. The maximum atomic E-state index is 12.9. The molecule has 1 fully saturated rings. The van der Waals surface area contributed by atoms with E-state index < -0.39 is 10.0 Å². The van der Waals surface area contributed by atoms with Gasteiger partial charge in [0.1, 0.15) is 0 Å². The molecule has 2 heterocycles. The Morgan fingerprint density at radius 3 is 2.60 bits per heavy atom. The fourth-order valence-corrected chi connectivity index (χ4v) is 4.91. The lowest BCUT2D eigenvalue weighted by atomic mass is 10.2. The summed E-state index contributed by atoms with van der Waals surface area (Å²) in [6.45, 7) is 4.95. The molecule has 0 radical (unpaired) electrons.